The molecule has 1 atom stereocenters. The fourth-order valence-corrected chi connectivity index (χ4v) is 3.35. The molecule has 2 aromatic rings. The van der Waals surface area contributed by atoms with Gasteiger partial charge in [0, 0.05) is 12.5 Å². The quantitative estimate of drug-likeness (QED) is 0.834. The Bertz CT molecular complexity index is 794. The van der Waals surface area contributed by atoms with Gasteiger partial charge in [0.25, 0.3) is 0 Å². The van der Waals surface area contributed by atoms with Crippen LogP contribution in [0.1, 0.15) is 19.7 Å². The smallest absolute Gasteiger partial charge is 0.322 e. The van der Waals surface area contributed by atoms with Gasteiger partial charge in [-0.3, -0.25) is 4.79 Å². The zero-order valence-corrected chi connectivity index (χ0v) is 13.8. The lowest BCUT2D eigenvalue weighted by molar-refractivity contribution is -0.140. The number of hydrogen-bond acceptors (Lipinski definition) is 5. The highest BCUT2D eigenvalue weighted by atomic mass is 32.2. The molecule has 1 aromatic heterocycles. The lowest BCUT2D eigenvalue weighted by Gasteiger charge is -2.18. The Morgan fingerprint density at radius 1 is 1.26 bits per heavy atom. The summed E-state index contributed by atoms with van der Waals surface area (Å²) in [4.78, 5) is 15.3. The van der Waals surface area contributed by atoms with Gasteiger partial charge < -0.3 is 9.52 Å². The van der Waals surface area contributed by atoms with Gasteiger partial charge in [-0.15, -0.1) is 0 Å². The molecule has 2 rings (SSSR count). The van der Waals surface area contributed by atoms with Gasteiger partial charge in [-0.25, -0.2) is 13.4 Å². The van der Waals surface area contributed by atoms with Crippen LogP contribution in [-0.2, 0) is 14.8 Å². The highest BCUT2D eigenvalue weighted by Gasteiger charge is 2.27. The van der Waals surface area contributed by atoms with Crippen LogP contribution in [0.25, 0.3) is 11.3 Å². The Morgan fingerprint density at radius 2 is 1.87 bits per heavy atom. The molecule has 0 amide bonds. The van der Waals surface area contributed by atoms with Gasteiger partial charge in [0.2, 0.25) is 10.0 Å². The van der Waals surface area contributed by atoms with Crippen molar-refractivity contribution < 1.29 is 22.7 Å². The number of oxazole rings is 1. The molecule has 0 aliphatic carbocycles. The van der Waals surface area contributed by atoms with Gasteiger partial charge in [-0.2, -0.15) is 4.72 Å². The SMILES string of the molecule is Cc1nc(-c2ccc(S(=O)(=O)NC(C(=O)O)C(C)C)cc2)co1. The predicted octanol–water partition coefficient (Wildman–Crippen LogP) is 2.04. The summed E-state index contributed by atoms with van der Waals surface area (Å²) in [5.41, 5.74) is 1.31. The van der Waals surface area contributed by atoms with E-state index in [1.807, 2.05) is 0 Å². The van der Waals surface area contributed by atoms with E-state index in [0.717, 1.165) is 0 Å². The zero-order chi connectivity index (χ0) is 17.2. The third kappa shape index (κ3) is 3.96. The van der Waals surface area contributed by atoms with Crippen LogP contribution in [0.2, 0.25) is 0 Å². The average Bonchev–Trinajstić information content (AvgIpc) is 2.91. The fraction of sp³-hybridized carbons (Fsp3) is 0.333. The van der Waals surface area contributed by atoms with E-state index < -0.39 is 22.0 Å². The fourth-order valence-electron chi connectivity index (χ4n) is 2.01. The zero-order valence-electron chi connectivity index (χ0n) is 13.0. The van der Waals surface area contributed by atoms with Gasteiger partial charge >= 0.3 is 5.97 Å². The molecule has 0 bridgehead atoms. The number of benzene rings is 1. The monoisotopic (exact) mass is 338 g/mol. The highest BCUT2D eigenvalue weighted by molar-refractivity contribution is 7.89. The minimum Gasteiger partial charge on any atom is -0.480 e. The lowest BCUT2D eigenvalue weighted by atomic mass is 10.1. The standard InChI is InChI=1S/C15H18N2O5S/c1-9(2)14(15(18)19)17-23(20,21)12-6-4-11(5-7-12)13-8-22-10(3)16-13/h4-9,14,17H,1-3H3,(H,18,19). The number of aliphatic carboxylic acids is 1. The van der Waals surface area contributed by atoms with Crippen molar-refractivity contribution in [2.24, 2.45) is 5.92 Å². The number of sulfonamides is 1. The van der Waals surface area contributed by atoms with Crippen LogP contribution >= 0.6 is 0 Å². The molecule has 7 nitrogen and oxygen atoms in total. The van der Waals surface area contributed by atoms with Crippen molar-refractivity contribution >= 4 is 16.0 Å². The van der Waals surface area contributed by atoms with Crippen LogP contribution in [0.5, 0.6) is 0 Å². The molecule has 0 spiro atoms. The van der Waals surface area contributed by atoms with Crippen LogP contribution in [0, 0.1) is 12.8 Å². The van der Waals surface area contributed by atoms with Gasteiger partial charge in [-0.1, -0.05) is 26.0 Å². The molecule has 1 unspecified atom stereocenters. The Balaban J connectivity index is 2.25. The summed E-state index contributed by atoms with van der Waals surface area (Å²) in [6.45, 7) is 4.98. The molecule has 0 saturated carbocycles. The van der Waals surface area contributed by atoms with Gasteiger partial charge in [-0.05, 0) is 18.1 Å². The van der Waals surface area contributed by atoms with Gasteiger partial charge in [0.1, 0.15) is 18.0 Å². The number of carboxylic acids is 1. The van der Waals surface area contributed by atoms with Crippen molar-refractivity contribution in [3.8, 4) is 11.3 Å². The molecule has 0 fully saturated rings. The van der Waals surface area contributed by atoms with E-state index in [1.54, 1.807) is 32.9 Å². The summed E-state index contributed by atoms with van der Waals surface area (Å²) in [6, 6.07) is 4.81. The van der Waals surface area contributed by atoms with Crippen molar-refractivity contribution in [3.63, 3.8) is 0 Å². The first-order valence-electron chi connectivity index (χ1n) is 6.98. The summed E-state index contributed by atoms with van der Waals surface area (Å²) in [5.74, 6) is -1.07. The molecular formula is C15H18N2O5S. The molecule has 1 aromatic carbocycles. The third-order valence-corrected chi connectivity index (χ3v) is 4.75. The Hall–Kier alpha value is -2.19. The van der Waals surface area contributed by atoms with E-state index in [1.165, 1.54) is 18.4 Å². The molecule has 0 saturated heterocycles. The maximum atomic E-state index is 12.3. The van der Waals surface area contributed by atoms with Gasteiger partial charge in [0.05, 0.1) is 4.90 Å². The molecule has 1 heterocycles. The van der Waals surface area contributed by atoms with Crippen molar-refractivity contribution in [3.05, 3.63) is 36.4 Å². The van der Waals surface area contributed by atoms with E-state index in [0.29, 0.717) is 17.1 Å². The average molecular weight is 338 g/mol. The first kappa shape index (κ1) is 17.2. The van der Waals surface area contributed by atoms with Crippen LogP contribution < -0.4 is 4.72 Å². The number of hydrogen-bond donors (Lipinski definition) is 2. The van der Waals surface area contributed by atoms with E-state index >= 15 is 0 Å². The second-order valence-electron chi connectivity index (χ2n) is 5.46. The number of carbonyl (C=O) groups is 1. The van der Waals surface area contributed by atoms with Crippen molar-refractivity contribution in [2.45, 2.75) is 31.7 Å². The van der Waals surface area contributed by atoms with Crippen LogP contribution in [0.3, 0.4) is 0 Å². The number of rotatable bonds is 6. The molecular weight excluding hydrogens is 320 g/mol. The molecule has 2 N–H and O–H groups in total. The maximum absolute atomic E-state index is 12.3. The molecule has 8 heteroatoms. The summed E-state index contributed by atoms with van der Waals surface area (Å²) in [6.07, 6.45) is 1.48. The van der Waals surface area contributed by atoms with Crippen LogP contribution in [-0.4, -0.2) is 30.5 Å². The summed E-state index contributed by atoms with van der Waals surface area (Å²) in [5, 5.41) is 9.10. The highest BCUT2D eigenvalue weighted by Crippen LogP contribution is 2.21. The Labute approximate surface area is 134 Å². The third-order valence-electron chi connectivity index (χ3n) is 3.29. The van der Waals surface area contributed by atoms with E-state index in [4.69, 9.17) is 9.52 Å². The molecule has 0 aliphatic heterocycles. The normalized spacial score (nSPS) is 13.2. The second-order valence-corrected chi connectivity index (χ2v) is 7.17. The van der Waals surface area contributed by atoms with Crippen molar-refractivity contribution in [1.82, 2.24) is 9.71 Å². The molecule has 0 radical (unpaired) electrons. The Kier molecular flexibility index (Phi) is 4.86. The van der Waals surface area contributed by atoms with Gasteiger partial charge in [0.15, 0.2) is 5.89 Å². The maximum Gasteiger partial charge on any atom is 0.322 e. The predicted molar refractivity (Wildman–Crippen MR) is 83.3 cm³/mol. The molecule has 23 heavy (non-hydrogen) atoms. The number of aryl methyl sites for hydroxylation is 1. The minimum atomic E-state index is -3.92. The topological polar surface area (TPSA) is 110 Å². The number of nitrogens with one attached hydrogen (secondary N) is 1. The number of carboxylic acid groups (broad SMARTS) is 1. The lowest BCUT2D eigenvalue weighted by Crippen LogP contribution is -2.44. The molecule has 0 aliphatic rings. The van der Waals surface area contributed by atoms with Crippen molar-refractivity contribution in [1.29, 1.82) is 0 Å². The first-order chi connectivity index (χ1) is 10.7. The first-order valence-corrected chi connectivity index (χ1v) is 8.46. The van der Waals surface area contributed by atoms with Crippen LogP contribution in [0.15, 0.2) is 39.8 Å². The van der Waals surface area contributed by atoms with Crippen molar-refractivity contribution in [2.75, 3.05) is 0 Å². The summed E-state index contributed by atoms with van der Waals surface area (Å²) >= 11 is 0. The van der Waals surface area contributed by atoms with Crippen LogP contribution in [0.4, 0.5) is 0 Å². The largest absolute Gasteiger partial charge is 0.480 e. The number of aromatic nitrogens is 1. The second kappa shape index (κ2) is 6.51. The summed E-state index contributed by atoms with van der Waals surface area (Å²) in [7, 11) is -3.92. The summed E-state index contributed by atoms with van der Waals surface area (Å²) < 4.78 is 31.9. The molecule has 124 valence electrons. The Morgan fingerprint density at radius 3 is 2.30 bits per heavy atom. The minimum absolute atomic E-state index is 0.00614. The van der Waals surface area contributed by atoms with E-state index in [2.05, 4.69) is 9.71 Å². The number of nitrogens with zero attached hydrogens (tertiary/aromatic N) is 1. The van der Waals surface area contributed by atoms with E-state index in [-0.39, 0.29) is 10.8 Å². The van der Waals surface area contributed by atoms with E-state index in [9.17, 15) is 13.2 Å².